The van der Waals surface area contributed by atoms with Crippen LogP contribution in [0.15, 0.2) is 42.5 Å². The van der Waals surface area contributed by atoms with E-state index in [2.05, 4.69) is 26.9 Å². The van der Waals surface area contributed by atoms with Crippen molar-refractivity contribution in [3.8, 4) is 5.75 Å². The van der Waals surface area contributed by atoms with Gasteiger partial charge in [-0.2, -0.15) is 0 Å². The Morgan fingerprint density at radius 1 is 1.05 bits per heavy atom. The summed E-state index contributed by atoms with van der Waals surface area (Å²) in [7, 11) is 0. The summed E-state index contributed by atoms with van der Waals surface area (Å²) < 4.78 is 12.5. The molecule has 5 atom stereocenters. The van der Waals surface area contributed by atoms with Gasteiger partial charge in [-0.3, -0.25) is 19.3 Å². The molecule has 44 heavy (non-hydrogen) atoms. The molecule has 2 aromatic rings. The molecule has 0 radical (unpaired) electrons. The van der Waals surface area contributed by atoms with E-state index in [0.717, 1.165) is 18.4 Å². The fourth-order valence-electron chi connectivity index (χ4n) is 7.17. The third-order valence-corrected chi connectivity index (χ3v) is 9.53. The van der Waals surface area contributed by atoms with E-state index in [9.17, 15) is 19.5 Å². The Labute approximate surface area is 258 Å². The molecular formula is C34H44N4O6. The zero-order valence-corrected chi connectivity index (χ0v) is 25.4. The molecule has 3 aliphatic heterocycles. The number of ether oxygens (including phenoxy) is 2. The number of hydrogen-bond acceptors (Lipinski definition) is 7. The number of carbonyl (C=O) groups is 3. The van der Waals surface area contributed by atoms with Crippen LogP contribution in [0.2, 0.25) is 0 Å². The molecule has 10 nitrogen and oxygen atoms in total. The first-order valence-electron chi connectivity index (χ1n) is 16.1. The van der Waals surface area contributed by atoms with Crippen molar-refractivity contribution in [2.75, 3.05) is 25.0 Å². The minimum absolute atomic E-state index is 0.101. The molecule has 10 heteroatoms. The van der Waals surface area contributed by atoms with Crippen molar-refractivity contribution < 1.29 is 29.0 Å². The van der Waals surface area contributed by atoms with E-state index in [1.807, 2.05) is 36.4 Å². The van der Waals surface area contributed by atoms with Gasteiger partial charge >= 0.3 is 0 Å². The largest absolute Gasteiger partial charge is 0.493 e. The highest BCUT2D eigenvalue weighted by molar-refractivity contribution is 5.97. The average molecular weight is 605 g/mol. The van der Waals surface area contributed by atoms with Crippen LogP contribution in [0.25, 0.3) is 0 Å². The number of nitrogens with one attached hydrogen (secondary N) is 3. The van der Waals surface area contributed by atoms with E-state index in [0.29, 0.717) is 68.3 Å². The smallest absolute Gasteiger partial charge is 0.255 e. The van der Waals surface area contributed by atoms with Gasteiger partial charge < -0.3 is 30.5 Å². The summed E-state index contributed by atoms with van der Waals surface area (Å²) in [5.41, 5.74) is 3.42. The van der Waals surface area contributed by atoms with Gasteiger partial charge in [0.2, 0.25) is 11.8 Å². The van der Waals surface area contributed by atoms with Crippen molar-refractivity contribution in [2.24, 2.45) is 0 Å². The Bertz CT molecular complexity index is 1340. The number of hydrogen-bond donors (Lipinski definition) is 4. The van der Waals surface area contributed by atoms with Gasteiger partial charge in [-0.05, 0) is 73.4 Å². The van der Waals surface area contributed by atoms with Crippen LogP contribution in [0.5, 0.6) is 5.75 Å². The topological polar surface area (TPSA) is 129 Å². The maximum atomic E-state index is 13.7. The van der Waals surface area contributed by atoms with Crippen molar-refractivity contribution in [3.63, 3.8) is 0 Å². The molecule has 4 bridgehead atoms. The van der Waals surface area contributed by atoms with Gasteiger partial charge in [0.1, 0.15) is 11.9 Å². The Morgan fingerprint density at radius 3 is 2.61 bits per heavy atom. The zero-order chi connectivity index (χ0) is 30.6. The van der Waals surface area contributed by atoms with Crippen molar-refractivity contribution in [1.29, 1.82) is 0 Å². The Kier molecular flexibility index (Phi) is 9.49. The summed E-state index contributed by atoms with van der Waals surface area (Å²) in [6, 6.07) is 12.8. The van der Waals surface area contributed by atoms with E-state index >= 15 is 0 Å². The molecule has 0 spiro atoms. The Balaban J connectivity index is 1.25. The van der Waals surface area contributed by atoms with Gasteiger partial charge in [-0.25, -0.2) is 0 Å². The summed E-state index contributed by atoms with van der Waals surface area (Å²) in [5, 5.41) is 19.7. The number of aliphatic hydroxyl groups excluding tert-OH is 1. The molecule has 4 N–H and O–H groups in total. The second-order valence-electron chi connectivity index (χ2n) is 12.8. The lowest BCUT2D eigenvalue weighted by Gasteiger charge is -2.34. The summed E-state index contributed by atoms with van der Waals surface area (Å²) in [6.07, 6.45) is 5.92. The number of likely N-dealkylation sites (tertiary alicyclic amines) is 1. The van der Waals surface area contributed by atoms with E-state index in [-0.39, 0.29) is 36.4 Å². The Morgan fingerprint density at radius 2 is 1.84 bits per heavy atom. The second kappa shape index (κ2) is 13.7. The standard InChI is InChI=1S/C34H44N4O6/c1-21(39)36-25-9-6-22(7-10-25)19-38-20-26-17-29(38)34(42)35-18-32-30(40)13-11-27(44-32)14-15-43-31-16-24(23-4-2-3-5-23)8-12-28(31)33(41)37-26/h6-10,12,16,23,26-27,29-30,32,40H,2-5,11,13-15,17-20H2,1H3,(H,35,42)(H,36,39)(H,37,41)/t26-,27-,29-,30-,32+/m0/s1. The molecule has 1 aliphatic carbocycles. The highest BCUT2D eigenvalue weighted by atomic mass is 16.5. The monoisotopic (exact) mass is 604 g/mol. The molecule has 2 aromatic carbocycles. The number of benzene rings is 2. The molecule has 6 rings (SSSR count). The molecule has 2 saturated heterocycles. The van der Waals surface area contributed by atoms with Crippen LogP contribution in [-0.4, -0.2) is 77.8 Å². The third-order valence-electron chi connectivity index (χ3n) is 9.53. The van der Waals surface area contributed by atoms with Crippen LogP contribution < -0.4 is 20.7 Å². The zero-order valence-electron chi connectivity index (χ0n) is 25.4. The van der Waals surface area contributed by atoms with Crippen molar-refractivity contribution in [3.05, 3.63) is 59.2 Å². The minimum Gasteiger partial charge on any atom is -0.493 e. The number of aliphatic hydroxyl groups is 1. The predicted octanol–water partition coefficient (Wildman–Crippen LogP) is 3.48. The summed E-state index contributed by atoms with van der Waals surface area (Å²) in [6.45, 7) is 3.08. The highest BCUT2D eigenvalue weighted by Gasteiger charge is 2.39. The first kappa shape index (κ1) is 30.6. The van der Waals surface area contributed by atoms with Crippen LogP contribution in [0, 0.1) is 0 Å². The van der Waals surface area contributed by atoms with Gasteiger partial charge in [0.15, 0.2) is 0 Å². The van der Waals surface area contributed by atoms with Crippen LogP contribution in [0.3, 0.4) is 0 Å². The highest BCUT2D eigenvalue weighted by Crippen LogP contribution is 2.37. The third kappa shape index (κ3) is 7.25. The molecule has 3 heterocycles. The Hall–Kier alpha value is -3.47. The fraction of sp³-hybridized carbons (Fsp3) is 0.559. The maximum Gasteiger partial charge on any atom is 0.255 e. The van der Waals surface area contributed by atoms with Crippen LogP contribution in [0.4, 0.5) is 5.69 Å². The molecule has 0 aromatic heterocycles. The van der Waals surface area contributed by atoms with Gasteiger partial charge in [-0.15, -0.1) is 0 Å². The van der Waals surface area contributed by atoms with Crippen LogP contribution in [-0.2, 0) is 20.9 Å². The number of carbonyl (C=O) groups excluding carboxylic acids is 3. The van der Waals surface area contributed by atoms with Gasteiger partial charge in [-0.1, -0.05) is 31.0 Å². The predicted molar refractivity (Wildman–Crippen MR) is 165 cm³/mol. The van der Waals surface area contributed by atoms with Gasteiger partial charge in [0.05, 0.1) is 30.4 Å². The summed E-state index contributed by atoms with van der Waals surface area (Å²) >= 11 is 0. The number of anilines is 1. The lowest BCUT2D eigenvalue weighted by molar-refractivity contribution is -0.133. The van der Waals surface area contributed by atoms with E-state index < -0.39 is 18.2 Å². The summed E-state index contributed by atoms with van der Waals surface area (Å²) in [5.74, 6) is 0.600. The minimum atomic E-state index is -0.644. The van der Waals surface area contributed by atoms with Crippen LogP contribution >= 0.6 is 0 Å². The lowest BCUT2D eigenvalue weighted by Crippen LogP contribution is -2.50. The SMILES string of the molecule is CC(=O)Nc1ccc(CN2C[C@@H]3C[C@H]2C(=O)NC[C@H]2O[C@H](CCOc4cc(C5CCCC5)ccc4C(=O)N3)CC[C@@H]2O)cc1. The lowest BCUT2D eigenvalue weighted by atomic mass is 9.95. The van der Waals surface area contributed by atoms with E-state index in [4.69, 9.17) is 9.47 Å². The van der Waals surface area contributed by atoms with E-state index in [1.54, 1.807) is 0 Å². The van der Waals surface area contributed by atoms with E-state index in [1.165, 1.54) is 25.3 Å². The van der Waals surface area contributed by atoms with Gasteiger partial charge in [0.25, 0.3) is 5.91 Å². The number of rotatable bonds is 4. The molecule has 3 fully saturated rings. The van der Waals surface area contributed by atoms with Crippen molar-refractivity contribution in [1.82, 2.24) is 15.5 Å². The fourth-order valence-corrected chi connectivity index (χ4v) is 7.17. The summed E-state index contributed by atoms with van der Waals surface area (Å²) in [4.78, 5) is 40.8. The maximum absolute atomic E-state index is 13.7. The molecule has 1 saturated carbocycles. The normalized spacial score (nSPS) is 28.5. The van der Waals surface area contributed by atoms with Crippen molar-refractivity contribution >= 4 is 23.4 Å². The number of nitrogens with zero attached hydrogens (tertiary/aromatic N) is 1. The first-order chi connectivity index (χ1) is 21.3. The van der Waals surface area contributed by atoms with Gasteiger partial charge in [0, 0.05) is 44.7 Å². The number of fused-ring (bicyclic) bond motifs is 5. The first-order valence-corrected chi connectivity index (χ1v) is 16.1. The van der Waals surface area contributed by atoms with Crippen LogP contribution in [0.1, 0.15) is 85.7 Å². The second-order valence-corrected chi connectivity index (χ2v) is 12.8. The molecule has 3 amide bonds. The van der Waals surface area contributed by atoms with Crippen molar-refractivity contribution in [2.45, 2.75) is 101 Å². The quantitative estimate of drug-likeness (QED) is 0.421. The molecule has 4 aliphatic rings. The molecule has 0 unspecified atom stereocenters. The molecular weight excluding hydrogens is 560 g/mol. The number of amides is 3. The average Bonchev–Trinajstić information content (AvgIpc) is 3.68. The molecule has 236 valence electrons.